The molecule has 0 fully saturated rings. The standard InChI is InChI=1S/C12H13N/c1-4-10-6-5-7-11(9(2)3)12(10)8-13/h4-7,9H,1H2,2-3H3. The van der Waals surface area contributed by atoms with Gasteiger partial charge in [-0.15, -0.1) is 0 Å². The summed E-state index contributed by atoms with van der Waals surface area (Å²) >= 11 is 0. The van der Waals surface area contributed by atoms with Crippen molar-refractivity contribution < 1.29 is 0 Å². The van der Waals surface area contributed by atoms with Gasteiger partial charge in [0.25, 0.3) is 0 Å². The lowest BCUT2D eigenvalue weighted by Gasteiger charge is -2.09. The zero-order chi connectivity index (χ0) is 9.84. The van der Waals surface area contributed by atoms with Crippen LogP contribution in [0.1, 0.15) is 36.5 Å². The van der Waals surface area contributed by atoms with Gasteiger partial charge in [-0.1, -0.05) is 44.7 Å². The Balaban J connectivity index is 3.37. The number of nitrogens with zero attached hydrogens (tertiary/aromatic N) is 1. The first kappa shape index (κ1) is 9.54. The van der Waals surface area contributed by atoms with Gasteiger partial charge in [-0.3, -0.25) is 0 Å². The van der Waals surface area contributed by atoms with Crippen molar-refractivity contribution in [2.24, 2.45) is 0 Å². The SMILES string of the molecule is C=Cc1cccc(C(C)C)c1C#N. The highest BCUT2D eigenvalue weighted by Gasteiger charge is 2.07. The predicted octanol–water partition coefficient (Wildman–Crippen LogP) is 3.32. The molecule has 0 amide bonds. The van der Waals surface area contributed by atoms with E-state index in [2.05, 4.69) is 26.5 Å². The van der Waals surface area contributed by atoms with Gasteiger partial charge in [0.05, 0.1) is 5.56 Å². The molecule has 1 rings (SSSR count). The van der Waals surface area contributed by atoms with Crippen LogP contribution in [0, 0.1) is 11.3 Å². The normalized spacial score (nSPS) is 9.69. The minimum absolute atomic E-state index is 0.384. The van der Waals surface area contributed by atoms with Gasteiger partial charge in [-0.25, -0.2) is 0 Å². The van der Waals surface area contributed by atoms with E-state index in [0.717, 1.165) is 16.7 Å². The summed E-state index contributed by atoms with van der Waals surface area (Å²) in [7, 11) is 0. The van der Waals surface area contributed by atoms with E-state index >= 15 is 0 Å². The molecule has 0 saturated heterocycles. The number of hydrogen-bond donors (Lipinski definition) is 0. The Morgan fingerprint density at radius 2 is 2.15 bits per heavy atom. The number of benzene rings is 1. The monoisotopic (exact) mass is 171 g/mol. The lowest BCUT2D eigenvalue weighted by atomic mass is 9.94. The fraction of sp³-hybridized carbons (Fsp3) is 0.250. The molecule has 1 nitrogen and oxygen atoms in total. The Bertz CT molecular complexity index is 356. The Morgan fingerprint density at radius 1 is 1.46 bits per heavy atom. The Hall–Kier alpha value is -1.55. The van der Waals surface area contributed by atoms with E-state index < -0.39 is 0 Å². The van der Waals surface area contributed by atoms with Crippen LogP contribution in [0.5, 0.6) is 0 Å². The van der Waals surface area contributed by atoms with E-state index in [9.17, 15) is 0 Å². The highest BCUT2D eigenvalue weighted by Crippen LogP contribution is 2.22. The molecule has 0 aliphatic carbocycles. The molecular formula is C12H13N. The maximum atomic E-state index is 8.98. The maximum Gasteiger partial charge on any atom is 0.100 e. The van der Waals surface area contributed by atoms with E-state index in [4.69, 9.17) is 5.26 Å². The molecule has 0 aliphatic heterocycles. The third-order valence-corrected chi connectivity index (χ3v) is 2.08. The van der Waals surface area contributed by atoms with Crippen molar-refractivity contribution in [3.8, 4) is 6.07 Å². The number of rotatable bonds is 2. The molecule has 0 atom stereocenters. The average Bonchev–Trinajstić information content (AvgIpc) is 2.16. The molecule has 0 aliphatic rings. The van der Waals surface area contributed by atoms with E-state index in [1.807, 2.05) is 18.2 Å². The van der Waals surface area contributed by atoms with Crippen LogP contribution in [0.25, 0.3) is 6.08 Å². The largest absolute Gasteiger partial charge is 0.192 e. The summed E-state index contributed by atoms with van der Waals surface area (Å²) in [6.45, 7) is 7.86. The fourth-order valence-electron chi connectivity index (χ4n) is 1.37. The van der Waals surface area contributed by atoms with Gasteiger partial charge in [0, 0.05) is 0 Å². The molecule has 0 unspecified atom stereocenters. The van der Waals surface area contributed by atoms with Gasteiger partial charge < -0.3 is 0 Å². The second-order valence-corrected chi connectivity index (χ2v) is 3.28. The molecule has 66 valence electrons. The average molecular weight is 171 g/mol. The maximum absolute atomic E-state index is 8.98. The second kappa shape index (κ2) is 3.91. The van der Waals surface area contributed by atoms with Gasteiger partial charge in [-0.2, -0.15) is 5.26 Å². The minimum atomic E-state index is 0.384. The van der Waals surface area contributed by atoms with Crippen LogP contribution in [0.15, 0.2) is 24.8 Å². The molecule has 1 aromatic rings. The summed E-state index contributed by atoms with van der Waals surface area (Å²) in [5.74, 6) is 0.384. The molecule has 0 N–H and O–H groups in total. The first-order valence-electron chi connectivity index (χ1n) is 4.36. The van der Waals surface area contributed by atoms with E-state index in [1.165, 1.54) is 0 Å². The lowest BCUT2D eigenvalue weighted by Crippen LogP contribution is -1.94. The van der Waals surface area contributed by atoms with Crippen LogP contribution in [0.3, 0.4) is 0 Å². The highest BCUT2D eigenvalue weighted by molar-refractivity contribution is 5.59. The van der Waals surface area contributed by atoms with Gasteiger partial charge in [0.2, 0.25) is 0 Å². The van der Waals surface area contributed by atoms with Crippen molar-refractivity contribution in [3.05, 3.63) is 41.5 Å². The topological polar surface area (TPSA) is 23.8 Å². The lowest BCUT2D eigenvalue weighted by molar-refractivity contribution is 0.862. The molecule has 1 heteroatoms. The first-order chi connectivity index (χ1) is 6.20. The summed E-state index contributed by atoms with van der Waals surface area (Å²) < 4.78 is 0. The van der Waals surface area contributed by atoms with Gasteiger partial charge >= 0.3 is 0 Å². The Morgan fingerprint density at radius 3 is 2.62 bits per heavy atom. The molecular weight excluding hydrogens is 158 g/mol. The van der Waals surface area contributed by atoms with Gasteiger partial charge in [-0.05, 0) is 17.0 Å². The van der Waals surface area contributed by atoms with Crippen molar-refractivity contribution in [2.45, 2.75) is 19.8 Å². The van der Waals surface area contributed by atoms with E-state index in [0.29, 0.717) is 5.92 Å². The second-order valence-electron chi connectivity index (χ2n) is 3.28. The summed E-state index contributed by atoms with van der Waals surface area (Å²) in [5.41, 5.74) is 2.78. The van der Waals surface area contributed by atoms with Crippen LogP contribution in [-0.4, -0.2) is 0 Å². The van der Waals surface area contributed by atoms with Crippen LogP contribution in [0.2, 0.25) is 0 Å². The van der Waals surface area contributed by atoms with Crippen molar-refractivity contribution in [2.75, 3.05) is 0 Å². The summed E-state index contributed by atoms with van der Waals surface area (Å²) in [6, 6.07) is 8.10. The fourth-order valence-corrected chi connectivity index (χ4v) is 1.37. The predicted molar refractivity (Wildman–Crippen MR) is 55.3 cm³/mol. The van der Waals surface area contributed by atoms with Crippen LogP contribution in [-0.2, 0) is 0 Å². The third kappa shape index (κ3) is 1.78. The Labute approximate surface area is 79.3 Å². The van der Waals surface area contributed by atoms with Crippen molar-refractivity contribution in [1.82, 2.24) is 0 Å². The molecule has 13 heavy (non-hydrogen) atoms. The molecule has 0 radical (unpaired) electrons. The number of hydrogen-bond acceptors (Lipinski definition) is 1. The van der Waals surface area contributed by atoms with Crippen LogP contribution in [0.4, 0.5) is 0 Å². The summed E-state index contributed by atoms with van der Waals surface area (Å²) in [6.07, 6.45) is 1.73. The molecule has 0 heterocycles. The smallest absolute Gasteiger partial charge is 0.100 e. The molecule has 1 aromatic carbocycles. The van der Waals surface area contributed by atoms with Crippen molar-refractivity contribution >= 4 is 6.08 Å². The van der Waals surface area contributed by atoms with Gasteiger partial charge in [0.15, 0.2) is 0 Å². The summed E-state index contributed by atoms with van der Waals surface area (Å²) in [5, 5.41) is 8.98. The quantitative estimate of drug-likeness (QED) is 0.669. The minimum Gasteiger partial charge on any atom is -0.192 e. The van der Waals surface area contributed by atoms with Gasteiger partial charge in [0.1, 0.15) is 6.07 Å². The van der Waals surface area contributed by atoms with Crippen molar-refractivity contribution in [3.63, 3.8) is 0 Å². The van der Waals surface area contributed by atoms with E-state index in [-0.39, 0.29) is 0 Å². The van der Waals surface area contributed by atoms with Crippen molar-refractivity contribution in [1.29, 1.82) is 5.26 Å². The molecule has 0 spiro atoms. The van der Waals surface area contributed by atoms with Crippen LogP contribution >= 0.6 is 0 Å². The first-order valence-corrected chi connectivity index (χ1v) is 4.36. The molecule has 0 bridgehead atoms. The summed E-state index contributed by atoms with van der Waals surface area (Å²) in [4.78, 5) is 0. The Kier molecular flexibility index (Phi) is 2.87. The third-order valence-electron chi connectivity index (χ3n) is 2.08. The van der Waals surface area contributed by atoms with Crippen LogP contribution < -0.4 is 0 Å². The van der Waals surface area contributed by atoms with E-state index in [1.54, 1.807) is 6.08 Å². The molecule has 0 saturated carbocycles. The zero-order valence-corrected chi connectivity index (χ0v) is 8.04. The zero-order valence-electron chi connectivity index (χ0n) is 8.04. The molecule has 0 aromatic heterocycles. The number of nitriles is 1. The highest BCUT2D eigenvalue weighted by atomic mass is 14.3.